The van der Waals surface area contributed by atoms with E-state index in [4.69, 9.17) is 5.73 Å². The van der Waals surface area contributed by atoms with Crippen LogP contribution >= 0.6 is 0 Å². The van der Waals surface area contributed by atoms with Gasteiger partial charge in [-0.25, -0.2) is 0 Å². The Kier molecular flexibility index (Phi) is 4.60. The summed E-state index contributed by atoms with van der Waals surface area (Å²) in [6.45, 7) is 7.23. The predicted molar refractivity (Wildman–Crippen MR) is 73.0 cm³/mol. The number of hydrogen-bond acceptors (Lipinski definition) is 3. The second-order valence-electron chi connectivity index (χ2n) is 5.72. The maximum atomic E-state index is 5.94. The first kappa shape index (κ1) is 13.1. The van der Waals surface area contributed by atoms with Crippen LogP contribution in [-0.4, -0.2) is 55.1 Å². The minimum Gasteiger partial charge on any atom is -0.324 e. The number of likely N-dealkylation sites (N-methyl/N-ethyl adjacent to an activating group) is 1. The molecule has 1 saturated heterocycles. The molecular weight excluding hydrogens is 210 g/mol. The van der Waals surface area contributed by atoms with Gasteiger partial charge in [0.05, 0.1) is 0 Å². The van der Waals surface area contributed by atoms with Crippen molar-refractivity contribution in [2.24, 2.45) is 11.7 Å². The summed E-state index contributed by atoms with van der Waals surface area (Å²) < 4.78 is 0. The van der Waals surface area contributed by atoms with E-state index >= 15 is 0 Å². The highest BCUT2D eigenvalue weighted by molar-refractivity contribution is 5.05. The van der Waals surface area contributed by atoms with Crippen molar-refractivity contribution < 1.29 is 0 Å². The van der Waals surface area contributed by atoms with E-state index in [0.29, 0.717) is 12.0 Å². The average Bonchev–Trinajstić information content (AvgIpc) is 2.61. The highest BCUT2D eigenvalue weighted by atomic mass is 15.2. The van der Waals surface area contributed by atoms with Crippen LogP contribution in [0.5, 0.6) is 0 Å². The summed E-state index contributed by atoms with van der Waals surface area (Å²) in [5.74, 6) is 0.683. The number of hydrogen-bond donors (Lipinski definition) is 1. The monoisotopic (exact) mass is 237 g/mol. The Hall–Kier alpha value is -0.380. The summed E-state index contributed by atoms with van der Waals surface area (Å²) in [5, 5.41) is 0. The van der Waals surface area contributed by atoms with Gasteiger partial charge < -0.3 is 10.6 Å². The summed E-state index contributed by atoms with van der Waals surface area (Å²) in [4.78, 5) is 5.17. The third-order valence-electron chi connectivity index (χ3n) is 4.17. The fourth-order valence-corrected chi connectivity index (χ4v) is 3.16. The Bertz CT molecular complexity index is 264. The third-order valence-corrected chi connectivity index (χ3v) is 4.17. The van der Waals surface area contributed by atoms with E-state index in [0.717, 1.165) is 12.5 Å². The third kappa shape index (κ3) is 3.54. The number of nitrogens with zero attached hydrogens (tertiary/aromatic N) is 2. The van der Waals surface area contributed by atoms with Crippen molar-refractivity contribution in [3.63, 3.8) is 0 Å². The molecule has 3 nitrogen and oxygen atoms in total. The maximum absolute atomic E-state index is 5.94. The molecule has 0 amide bonds. The molecule has 1 heterocycles. The van der Waals surface area contributed by atoms with Gasteiger partial charge in [0.1, 0.15) is 0 Å². The minimum absolute atomic E-state index is 0.301. The summed E-state index contributed by atoms with van der Waals surface area (Å²) in [6.07, 6.45) is 8.20. The molecule has 1 aliphatic carbocycles. The molecule has 3 heteroatoms. The van der Waals surface area contributed by atoms with Gasteiger partial charge in [-0.3, -0.25) is 4.90 Å². The molecule has 2 N–H and O–H groups in total. The molecule has 3 unspecified atom stereocenters. The molecule has 0 saturated carbocycles. The van der Waals surface area contributed by atoms with Gasteiger partial charge in [-0.1, -0.05) is 19.1 Å². The zero-order chi connectivity index (χ0) is 12.3. The van der Waals surface area contributed by atoms with Crippen molar-refractivity contribution in [2.75, 3.05) is 33.2 Å². The van der Waals surface area contributed by atoms with Gasteiger partial charge in [0.2, 0.25) is 0 Å². The minimum atomic E-state index is 0.301. The van der Waals surface area contributed by atoms with Crippen molar-refractivity contribution in [3.05, 3.63) is 12.2 Å². The van der Waals surface area contributed by atoms with Gasteiger partial charge in [-0.05, 0) is 45.3 Å². The Balaban J connectivity index is 1.90. The molecule has 3 atom stereocenters. The molecule has 2 aliphatic rings. The highest BCUT2D eigenvalue weighted by Crippen LogP contribution is 2.21. The van der Waals surface area contributed by atoms with E-state index in [2.05, 4.69) is 35.9 Å². The second kappa shape index (κ2) is 5.98. The predicted octanol–water partition coefficient (Wildman–Crippen LogP) is 1.31. The van der Waals surface area contributed by atoms with Crippen LogP contribution in [0.15, 0.2) is 12.2 Å². The zero-order valence-electron chi connectivity index (χ0n) is 11.3. The molecule has 0 radical (unpaired) electrons. The lowest BCUT2D eigenvalue weighted by molar-refractivity contribution is 0.167. The first-order chi connectivity index (χ1) is 8.19. The van der Waals surface area contributed by atoms with Crippen LogP contribution in [0.3, 0.4) is 0 Å². The Morgan fingerprint density at radius 1 is 1.29 bits per heavy atom. The quantitative estimate of drug-likeness (QED) is 0.751. The van der Waals surface area contributed by atoms with Gasteiger partial charge in [0.15, 0.2) is 0 Å². The van der Waals surface area contributed by atoms with E-state index in [9.17, 15) is 0 Å². The summed E-state index contributed by atoms with van der Waals surface area (Å²) in [6, 6.07) is 1.03. The van der Waals surface area contributed by atoms with Gasteiger partial charge in [0, 0.05) is 25.2 Å². The van der Waals surface area contributed by atoms with E-state index in [1.807, 2.05) is 0 Å². The molecule has 17 heavy (non-hydrogen) atoms. The van der Waals surface area contributed by atoms with E-state index in [1.165, 1.54) is 39.0 Å². The smallest absolute Gasteiger partial charge is 0.0229 e. The van der Waals surface area contributed by atoms with Crippen LogP contribution < -0.4 is 5.73 Å². The van der Waals surface area contributed by atoms with Gasteiger partial charge >= 0.3 is 0 Å². The van der Waals surface area contributed by atoms with Crippen LogP contribution in [0.2, 0.25) is 0 Å². The molecule has 0 aromatic carbocycles. The maximum Gasteiger partial charge on any atom is 0.0229 e. The Morgan fingerprint density at radius 2 is 2.12 bits per heavy atom. The Labute approximate surface area is 106 Å². The molecule has 0 aromatic rings. The van der Waals surface area contributed by atoms with Crippen molar-refractivity contribution in [3.8, 4) is 0 Å². The van der Waals surface area contributed by atoms with Crippen LogP contribution in [0.25, 0.3) is 0 Å². The number of nitrogens with two attached hydrogens (primary N) is 1. The zero-order valence-corrected chi connectivity index (χ0v) is 11.3. The highest BCUT2D eigenvalue weighted by Gasteiger charge is 2.25. The van der Waals surface area contributed by atoms with Crippen molar-refractivity contribution >= 4 is 0 Å². The lowest BCUT2D eigenvalue weighted by atomic mass is 10.1. The molecule has 1 aliphatic heterocycles. The fraction of sp³-hybridized carbons (Fsp3) is 0.857. The molecule has 0 spiro atoms. The van der Waals surface area contributed by atoms with Gasteiger partial charge in [-0.2, -0.15) is 0 Å². The van der Waals surface area contributed by atoms with E-state index in [-0.39, 0.29) is 0 Å². The van der Waals surface area contributed by atoms with Gasteiger partial charge in [-0.15, -0.1) is 0 Å². The van der Waals surface area contributed by atoms with Crippen LogP contribution in [0, 0.1) is 5.92 Å². The molecule has 0 bridgehead atoms. The summed E-state index contributed by atoms with van der Waals surface area (Å²) in [7, 11) is 2.25. The van der Waals surface area contributed by atoms with Gasteiger partial charge in [0.25, 0.3) is 0 Å². The summed E-state index contributed by atoms with van der Waals surface area (Å²) in [5.41, 5.74) is 5.94. The lowest BCUT2D eigenvalue weighted by Crippen LogP contribution is -2.42. The lowest BCUT2D eigenvalue weighted by Gasteiger charge is -2.32. The van der Waals surface area contributed by atoms with Crippen LogP contribution in [-0.2, 0) is 0 Å². The molecular formula is C14H27N3. The van der Waals surface area contributed by atoms with Crippen LogP contribution in [0.4, 0.5) is 0 Å². The largest absolute Gasteiger partial charge is 0.324 e. The molecule has 98 valence electrons. The van der Waals surface area contributed by atoms with Crippen molar-refractivity contribution in [2.45, 2.75) is 38.3 Å². The molecule has 1 fully saturated rings. The van der Waals surface area contributed by atoms with Crippen LogP contribution in [0.1, 0.15) is 26.2 Å². The molecule has 2 rings (SSSR count). The standard InChI is InChI=1S/C14H27N3/c1-3-14-11-16(2)7-4-8-17(14)10-12-5-6-13(15)9-12/h5-6,12-14H,3-4,7-11,15H2,1-2H3. The fourth-order valence-electron chi connectivity index (χ4n) is 3.16. The Morgan fingerprint density at radius 3 is 2.76 bits per heavy atom. The van der Waals surface area contributed by atoms with Crippen molar-refractivity contribution in [1.29, 1.82) is 0 Å². The van der Waals surface area contributed by atoms with E-state index < -0.39 is 0 Å². The number of rotatable bonds is 3. The molecule has 0 aromatic heterocycles. The topological polar surface area (TPSA) is 32.5 Å². The SMILES string of the molecule is CCC1CN(C)CCCN1CC1C=CC(N)C1. The normalized spacial score (nSPS) is 36.3. The van der Waals surface area contributed by atoms with Crippen molar-refractivity contribution in [1.82, 2.24) is 9.80 Å². The first-order valence-electron chi connectivity index (χ1n) is 7.05. The average molecular weight is 237 g/mol. The second-order valence-corrected chi connectivity index (χ2v) is 5.72. The van der Waals surface area contributed by atoms with E-state index in [1.54, 1.807) is 0 Å². The summed E-state index contributed by atoms with van der Waals surface area (Å²) >= 11 is 0. The first-order valence-corrected chi connectivity index (χ1v) is 7.05.